The van der Waals surface area contributed by atoms with E-state index in [-0.39, 0.29) is 17.2 Å². The summed E-state index contributed by atoms with van der Waals surface area (Å²) < 4.78 is 0. The van der Waals surface area contributed by atoms with Crippen molar-refractivity contribution in [3.8, 4) is 0 Å². The maximum absolute atomic E-state index is 12.6. The summed E-state index contributed by atoms with van der Waals surface area (Å²) in [6.45, 7) is 3.74. The van der Waals surface area contributed by atoms with Crippen molar-refractivity contribution in [2.24, 2.45) is 5.41 Å². The first-order valence-electron chi connectivity index (χ1n) is 8.09. The number of carbonyl (C=O) groups is 2. The Bertz CT molecular complexity index is 787. The van der Waals surface area contributed by atoms with Gasteiger partial charge in [0.05, 0.1) is 0 Å². The third-order valence-corrected chi connectivity index (χ3v) is 4.90. The smallest absolute Gasteiger partial charge is 0.274 e. The minimum atomic E-state index is -0.171. The number of aromatic nitrogens is 3. The molecule has 0 radical (unpaired) electrons. The highest BCUT2D eigenvalue weighted by Gasteiger charge is 2.49. The predicted octanol–water partition coefficient (Wildman–Crippen LogP) is 1.38. The van der Waals surface area contributed by atoms with Gasteiger partial charge in [0.25, 0.3) is 5.91 Å². The minimum Gasteiger partial charge on any atom is -0.337 e. The Morgan fingerprint density at radius 2 is 2.21 bits per heavy atom. The number of H-pyrrole nitrogens is 1. The zero-order valence-electron chi connectivity index (χ0n) is 13.5. The molecular formula is C17H19N5O2. The van der Waals surface area contributed by atoms with Crippen LogP contribution in [0.3, 0.4) is 0 Å². The number of pyridine rings is 1. The van der Waals surface area contributed by atoms with Crippen LogP contribution in [0, 0.1) is 12.3 Å². The van der Waals surface area contributed by atoms with E-state index >= 15 is 0 Å². The lowest BCUT2D eigenvalue weighted by molar-refractivity contribution is -0.117. The number of aryl methyl sites for hydroxylation is 1. The molecule has 7 heteroatoms. The van der Waals surface area contributed by atoms with Crippen LogP contribution in [0.25, 0.3) is 0 Å². The van der Waals surface area contributed by atoms with Gasteiger partial charge in [-0.3, -0.25) is 19.6 Å². The minimum absolute atomic E-state index is 0.0695. The fourth-order valence-electron chi connectivity index (χ4n) is 3.69. The second-order valence-corrected chi connectivity index (χ2v) is 6.76. The molecule has 4 heterocycles. The number of aromatic amines is 1. The van der Waals surface area contributed by atoms with Crippen LogP contribution in [0.2, 0.25) is 0 Å². The molecule has 2 amide bonds. The summed E-state index contributed by atoms with van der Waals surface area (Å²) in [6.07, 6.45) is 2.99. The summed E-state index contributed by atoms with van der Waals surface area (Å²) in [7, 11) is 0. The van der Waals surface area contributed by atoms with E-state index in [4.69, 9.17) is 0 Å². The Labute approximate surface area is 139 Å². The van der Waals surface area contributed by atoms with Gasteiger partial charge in [-0.2, -0.15) is 5.10 Å². The highest BCUT2D eigenvalue weighted by molar-refractivity contribution is 5.96. The van der Waals surface area contributed by atoms with Crippen molar-refractivity contribution in [1.29, 1.82) is 0 Å². The maximum Gasteiger partial charge on any atom is 0.274 e. The van der Waals surface area contributed by atoms with Crippen molar-refractivity contribution < 1.29 is 9.59 Å². The van der Waals surface area contributed by atoms with Gasteiger partial charge in [0.1, 0.15) is 11.5 Å². The summed E-state index contributed by atoms with van der Waals surface area (Å²) in [5.74, 6) is 0.700. The number of hydrogen-bond donors (Lipinski definition) is 1. The molecule has 2 fully saturated rings. The Kier molecular flexibility index (Phi) is 3.37. The number of nitrogens with zero attached hydrogens (tertiary/aromatic N) is 4. The fourth-order valence-corrected chi connectivity index (χ4v) is 3.69. The van der Waals surface area contributed by atoms with Crippen molar-refractivity contribution in [3.63, 3.8) is 0 Å². The average molecular weight is 325 g/mol. The summed E-state index contributed by atoms with van der Waals surface area (Å²) in [5, 5.41) is 6.85. The largest absolute Gasteiger partial charge is 0.337 e. The number of likely N-dealkylation sites (tertiary alicyclic amines) is 1. The van der Waals surface area contributed by atoms with Gasteiger partial charge in [0.2, 0.25) is 5.91 Å². The molecule has 0 aliphatic carbocycles. The number of amides is 2. The van der Waals surface area contributed by atoms with Crippen LogP contribution in [0.5, 0.6) is 0 Å². The lowest BCUT2D eigenvalue weighted by Gasteiger charge is -2.23. The third-order valence-electron chi connectivity index (χ3n) is 4.90. The number of anilines is 1. The Balaban J connectivity index is 1.50. The monoisotopic (exact) mass is 325 g/mol. The molecule has 1 N–H and O–H groups in total. The lowest BCUT2D eigenvalue weighted by atomic mass is 9.86. The van der Waals surface area contributed by atoms with Crippen molar-refractivity contribution in [1.82, 2.24) is 20.1 Å². The van der Waals surface area contributed by atoms with E-state index in [2.05, 4.69) is 15.2 Å². The molecule has 7 nitrogen and oxygen atoms in total. The van der Waals surface area contributed by atoms with Crippen molar-refractivity contribution in [2.75, 3.05) is 24.5 Å². The van der Waals surface area contributed by atoms with Crippen LogP contribution in [0.1, 0.15) is 29.0 Å². The first-order chi connectivity index (χ1) is 11.6. The molecule has 24 heavy (non-hydrogen) atoms. The van der Waals surface area contributed by atoms with E-state index in [0.29, 0.717) is 37.6 Å². The van der Waals surface area contributed by atoms with Gasteiger partial charge in [-0.05, 0) is 31.5 Å². The number of rotatable bonds is 2. The van der Waals surface area contributed by atoms with E-state index in [0.717, 1.165) is 12.1 Å². The Morgan fingerprint density at radius 1 is 1.33 bits per heavy atom. The van der Waals surface area contributed by atoms with Crippen LogP contribution in [0.15, 0.2) is 30.5 Å². The van der Waals surface area contributed by atoms with E-state index in [1.807, 2.05) is 30.0 Å². The number of nitrogens with one attached hydrogen (secondary N) is 1. The molecule has 124 valence electrons. The molecule has 2 aliphatic rings. The highest BCUT2D eigenvalue weighted by Crippen LogP contribution is 2.41. The summed E-state index contributed by atoms with van der Waals surface area (Å²) >= 11 is 0. The molecular weight excluding hydrogens is 306 g/mol. The molecule has 4 rings (SSSR count). The van der Waals surface area contributed by atoms with Crippen molar-refractivity contribution >= 4 is 17.6 Å². The molecule has 2 aromatic rings. The van der Waals surface area contributed by atoms with Gasteiger partial charge < -0.3 is 4.90 Å². The molecule has 2 saturated heterocycles. The zero-order chi connectivity index (χ0) is 16.7. The summed E-state index contributed by atoms with van der Waals surface area (Å²) in [5.41, 5.74) is 1.13. The van der Waals surface area contributed by atoms with Gasteiger partial charge in [0.15, 0.2) is 0 Å². The second-order valence-electron chi connectivity index (χ2n) is 6.76. The van der Waals surface area contributed by atoms with Gasteiger partial charge >= 0.3 is 0 Å². The molecule has 2 aliphatic heterocycles. The Morgan fingerprint density at radius 3 is 2.92 bits per heavy atom. The van der Waals surface area contributed by atoms with Crippen LogP contribution in [-0.2, 0) is 4.79 Å². The van der Waals surface area contributed by atoms with E-state index < -0.39 is 0 Å². The maximum atomic E-state index is 12.6. The van der Waals surface area contributed by atoms with Crippen LogP contribution in [-0.4, -0.2) is 51.5 Å². The molecule has 0 bridgehead atoms. The summed E-state index contributed by atoms with van der Waals surface area (Å²) in [6, 6.07) is 7.32. The van der Waals surface area contributed by atoms with Crippen molar-refractivity contribution in [3.05, 3.63) is 41.9 Å². The molecule has 1 atom stereocenters. The fraction of sp³-hybridized carbons (Fsp3) is 0.412. The highest BCUT2D eigenvalue weighted by atomic mass is 16.2. The number of carbonyl (C=O) groups excluding carboxylic acids is 2. The van der Waals surface area contributed by atoms with Gasteiger partial charge in [0, 0.05) is 43.4 Å². The first-order valence-corrected chi connectivity index (χ1v) is 8.09. The molecule has 0 aromatic carbocycles. The van der Waals surface area contributed by atoms with Gasteiger partial charge in [-0.25, -0.2) is 4.98 Å². The van der Waals surface area contributed by atoms with E-state index in [1.165, 1.54) is 0 Å². The third kappa shape index (κ3) is 2.46. The molecule has 0 saturated carbocycles. The topological polar surface area (TPSA) is 82.2 Å². The zero-order valence-corrected chi connectivity index (χ0v) is 13.5. The van der Waals surface area contributed by atoms with E-state index in [9.17, 15) is 9.59 Å². The summed E-state index contributed by atoms with van der Waals surface area (Å²) in [4.78, 5) is 32.9. The normalized spacial score (nSPS) is 23.5. The van der Waals surface area contributed by atoms with Gasteiger partial charge in [-0.1, -0.05) is 6.07 Å². The SMILES string of the molecule is Cc1cc(C(=O)N2CCC3(CC(=O)N(c4ccccn4)C3)C2)n[nH]1. The second kappa shape index (κ2) is 5.43. The average Bonchev–Trinajstić information content (AvgIpc) is 3.28. The standard InChI is InChI=1S/C17H19N5O2/c1-12-8-13(20-19-12)16(24)21-7-5-17(10-21)9-15(23)22(11-17)14-4-2-3-6-18-14/h2-4,6,8H,5,7,9-11H2,1H3,(H,19,20). The Hall–Kier alpha value is -2.70. The quantitative estimate of drug-likeness (QED) is 0.904. The molecule has 2 aromatic heterocycles. The lowest BCUT2D eigenvalue weighted by Crippen LogP contribution is -2.34. The van der Waals surface area contributed by atoms with Crippen LogP contribution in [0.4, 0.5) is 5.82 Å². The van der Waals surface area contributed by atoms with Crippen molar-refractivity contribution in [2.45, 2.75) is 19.8 Å². The molecule has 1 spiro atoms. The van der Waals surface area contributed by atoms with Crippen LogP contribution < -0.4 is 4.90 Å². The number of hydrogen-bond acceptors (Lipinski definition) is 4. The first kappa shape index (κ1) is 14.9. The molecule has 1 unspecified atom stereocenters. The van der Waals surface area contributed by atoms with E-state index in [1.54, 1.807) is 17.2 Å². The van der Waals surface area contributed by atoms with Crippen LogP contribution >= 0.6 is 0 Å². The van der Waals surface area contributed by atoms with Gasteiger partial charge in [-0.15, -0.1) is 0 Å². The predicted molar refractivity (Wildman–Crippen MR) is 87.5 cm³/mol.